The van der Waals surface area contributed by atoms with Gasteiger partial charge in [-0.1, -0.05) is 30.3 Å². The van der Waals surface area contributed by atoms with Crippen molar-refractivity contribution in [1.29, 1.82) is 0 Å². The van der Waals surface area contributed by atoms with E-state index in [9.17, 15) is 0 Å². The Labute approximate surface area is 165 Å². The quantitative estimate of drug-likeness (QED) is 0.482. The first-order chi connectivity index (χ1) is 13.2. The maximum absolute atomic E-state index is 5.40. The fraction of sp³-hybridized carbons (Fsp3) is 0.667. The van der Waals surface area contributed by atoms with Gasteiger partial charge in [-0.3, -0.25) is 14.8 Å². The van der Waals surface area contributed by atoms with Gasteiger partial charge in [0.05, 0.1) is 13.2 Å². The lowest BCUT2D eigenvalue weighted by atomic mass is 10.1. The number of benzene rings is 1. The Morgan fingerprint density at radius 1 is 1.22 bits per heavy atom. The number of ether oxygens (including phenoxy) is 1. The monoisotopic (exact) mass is 375 g/mol. The average molecular weight is 376 g/mol. The van der Waals surface area contributed by atoms with E-state index in [-0.39, 0.29) is 0 Å². The van der Waals surface area contributed by atoms with Crippen LogP contribution in [-0.4, -0.2) is 81.3 Å². The topological polar surface area (TPSA) is 52.1 Å². The maximum Gasteiger partial charge on any atom is 0.191 e. The molecule has 0 saturated carbocycles. The fourth-order valence-corrected chi connectivity index (χ4v) is 3.11. The van der Waals surface area contributed by atoms with Crippen LogP contribution >= 0.6 is 0 Å². The Balaban J connectivity index is 1.69. The zero-order chi connectivity index (χ0) is 19.3. The predicted molar refractivity (Wildman–Crippen MR) is 113 cm³/mol. The zero-order valence-corrected chi connectivity index (χ0v) is 17.3. The summed E-state index contributed by atoms with van der Waals surface area (Å²) in [4.78, 5) is 9.57. The first-order valence-electron chi connectivity index (χ1n) is 10.3. The van der Waals surface area contributed by atoms with Gasteiger partial charge < -0.3 is 15.4 Å². The van der Waals surface area contributed by atoms with E-state index in [1.165, 1.54) is 5.56 Å². The number of hydrogen-bond acceptors (Lipinski definition) is 4. The first-order valence-corrected chi connectivity index (χ1v) is 10.3. The van der Waals surface area contributed by atoms with Crippen molar-refractivity contribution in [3.05, 3.63) is 35.9 Å². The molecule has 0 aliphatic carbocycles. The fourth-order valence-electron chi connectivity index (χ4n) is 3.11. The summed E-state index contributed by atoms with van der Waals surface area (Å²) < 4.78 is 5.40. The maximum atomic E-state index is 5.40. The summed E-state index contributed by atoms with van der Waals surface area (Å²) in [7, 11) is 2.19. The normalized spacial score (nSPS) is 17.1. The molecular formula is C21H37N5O. The highest BCUT2D eigenvalue weighted by atomic mass is 16.5. The van der Waals surface area contributed by atoms with Crippen molar-refractivity contribution in [2.45, 2.75) is 32.9 Å². The number of morpholine rings is 1. The zero-order valence-electron chi connectivity index (χ0n) is 17.3. The molecule has 0 spiro atoms. The highest BCUT2D eigenvalue weighted by molar-refractivity contribution is 5.79. The number of aliphatic imine (C=N–C) groups is 1. The van der Waals surface area contributed by atoms with Crippen molar-refractivity contribution in [3.8, 4) is 0 Å². The van der Waals surface area contributed by atoms with Crippen LogP contribution in [0.25, 0.3) is 0 Å². The molecule has 1 aliphatic rings. The van der Waals surface area contributed by atoms with Crippen LogP contribution in [0.2, 0.25) is 0 Å². The molecule has 1 fully saturated rings. The Morgan fingerprint density at radius 2 is 1.96 bits per heavy atom. The third-order valence-corrected chi connectivity index (χ3v) is 5.01. The van der Waals surface area contributed by atoms with Crippen LogP contribution in [0.1, 0.15) is 25.8 Å². The Kier molecular flexibility index (Phi) is 10.2. The Bertz CT molecular complexity index is 531. The van der Waals surface area contributed by atoms with Gasteiger partial charge in [0.15, 0.2) is 5.96 Å². The number of rotatable bonds is 10. The van der Waals surface area contributed by atoms with Crippen LogP contribution < -0.4 is 10.6 Å². The summed E-state index contributed by atoms with van der Waals surface area (Å²) in [5.74, 6) is 0.920. The molecule has 152 valence electrons. The van der Waals surface area contributed by atoms with Gasteiger partial charge in [-0.15, -0.1) is 0 Å². The molecule has 1 aromatic rings. The third-order valence-electron chi connectivity index (χ3n) is 5.01. The van der Waals surface area contributed by atoms with Gasteiger partial charge in [-0.25, -0.2) is 0 Å². The van der Waals surface area contributed by atoms with Crippen LogP contribution in [0.15, 0.2) is 35.3 Å². The molecule has 6 heteroatoms. The van der Waals surface area contributed by atoms with Crippen LogP contribution in [0.4, 0.5) is 0 Å². The molecule has 0 radical (unpaired) electrons. The van der Waals surface area contributed by atoms with Crippen molar-refractivity contribution in [2.24, 2.45) is 4.99 Å². The van der Waals surface area contributed by atoms with Crippen molar-refractivity contribution in [3.63, 3.8) is 0 Å². The highest BCUT2D eigenvalue weighted by Crippen LogP contribution is 2.08. The molecule has 1 aromatic carbocycles. The summed E-state index contributed by atoms with van der Waals surface area (Å²) in [6.45, 7) is 12.8. The molecule has 2 N–H and O–H groups in total. The lowest BCUT2D eigenvalue weighted by molar-refractivity contribution is 0.0389. The minimum absolute atomic E-state index is 0.491. The van der Waals surface area contributed by atoms with Crippen LogP contribution in [0, 0.1) is 0 Å². The van der Waals surface area contributed by atoms with Crippen LogP contribution in [0.3, 0.4) is 0 Å². The molecule has 0 aromatic heterocycles. The molecule has 1 saturated heterocycles. The van der Waals surface area contributed by atoms with Crippen molar-refractivity contribution < 1.29 is 4.74 Å². The second kappa shape index (κ2) is 12.7. The van der Waals surface area contributed by atoms with E-state index in [1.54, 1.807) is 0 Å². The van der Waals surface area contributed by atoms with Gasteiger partial charge in [-0.2, -0.15) is 0 Å². The lowest BCUT2D eigenvalue weighted by Crippen LogP contribution is -2.44. The van der Waals surface area contributed by atoms with Gasteiger partial charge in [0.2, 0.25) is 0 Å². The average Bonchev–Trinajstić information content (AvgIpc) is 2.69. The minimum Gasteiger partial charge on any atom is -0.379 e. The van der Waals surface area contributed by atoms with E-state index in [1.807, 2.05) is 0 Å². The molecule has 27 heavy (non-hydrogen) atoms. The van der Waals surface area contributed by atoms with Crippen LogP contribution in [0.5, 0.6) is 0 Å². The van der Waals surface area contributed by atoms with Crippen LogP contribution in [-0.2, 0) is 11.3 Å². The van der Waals surface area contributed by atoms with Crippen molar-refractivity contribution >= 4 is 5.96 Å². The number of nitrogens with one attached hydrogen (secondary N) is 2. The van der Waals surface area contributed by atoms with Gasteiger partial charge in [-0.05, 0) is 32.9 Å². The smallest absolute Gasteiger partial charge is 0.191 e. The SMILES string of the molecule is CCNC(=NCCC(C)N(C)Cc1ccccc1)NCCN1CCOCC1. The molecule has 1 heterocycles. The minimum atomic E-state index is 0.491. The Hall–Kier alpha value is -1.63. The van der Waals surface area contributed by atoms with Crippen molar-refractivity contribution in [1.82, 2.24) is 20.4 Å². The lowest BCUT2D eigenvalue weighted by Gasteiger charge is -2.27. The van der Waals surface area contributed by atoms with Gasteiger partial charge >= 0.3 is 0 Å². The molecule has 1 atom stereocenters. The van der Waals surface area contributed by atoms with E-state index in [2.05, 4.69) is 71.7 Å². The number of hydrogen-bond donors (Lipinski definition) is 2. The molecule has 0 bridgehead atoms. The summed E-state index contributed by atoms with van der Waals surface area (Å²) in [6.07, 6.45) is 1.05. The van der Waals surface area contributed by atoms with Crippen molar-refractivity contribution in [2.75, 3.05) is 59.5 Å². The van der Waals surface area contributed by atoms with E-state index in [4.69, 9.17) is 9.73 Å². The molecule has 6 nitrogen and oxygen atoms in total. The molecule has 1 aliphatic heterocycles. The standard InChI is InChI=1S/C21H37N5O/c1-4-22-21(24-12-13-26-14-16-27-17-15-26)23-11-10-19(2)25(3)18-20-8-6-5-7-9-20/h5-9,19H,4,10-18H2,1-3H3,(H2,22,23,24). The largest absolute Gasteiger partial charge is 0.379 e. The van der Waals surface area contributed by atoms with E-state index < -0.39 is 0 Å². The highest BCUT2D eigenvalue weighted by Gasteiger charge is 2.11. The molecule has 1 unspecified atom stereocenters. The second-order valence-corrected chi connectivity index (χ2v) is 7.18. The second-order valence-electron chi connectivity index (χ2n) is 7.18. The van der Waals surface area contributed by atoms with Gasteiger partial charge in [0, 0.05) is 51.9 Å². The number of nitrogens with zero attached hydrogens (tertiary/aromatic N) is 3. The summed E-state index contributed by atoms with van der Waals surface area (Å²) in [5.41, 5.74) is 1.36. The Morgan fingerprint density at radius 3 is 2.67 bits per heavy atom. The summed E-state index contributed by atoms with van der Waals surface area (Å²) in [6, 6.07) is 11.1. The van der Waals surface area contributed by atoms with Gasteiger partial charge in [0.1, 0.15) is 0 Å². The molecular weight excluding hydrogens is 338 g/mol. The van der Waals surface area contributed by atoms with E-state index in [0.29, 0.717) is 6.04 Å². The number of guanidine groups is 1. The summed E-state index contributed by atoms with van der Waals surface area (Å²) in [5, 5.41) is 6.80. The summed E-state index contributed by atoms with van der Waals surface area (Å²) >= 11 is 0. The van der Waals surface area contributed by atoms with E-state index in [0.717, 1.165) is 71.4 Å². The molecule has 2 rings (SSSR count). The predicted octanol–water partition coefficient (Wildman–Crippen LogP) is 1.78. The molecule has 0 amide bonds. The van der Waals surface area contributed by atoms with Gasteiger partial charge in [0.25, 0.3) is 0 Å². The first kappa shape index (κ1) is 21.7. The third kappa shape index (κ3) is 8.73. The van der Waals surface area contributed by atoms with E-state index >= 15 is 0 Å².